The molecule has 1 aliphatic rings. The van der Waals surface area contributed by atoms with Crippen LogP contribution >= 0.6 is 23.2 Å². The summed E-state index contributed by atoms with van der Waals surface area (Å²) >= 11 is 11.9. The van der Waals surface area contributed by atoms with Crippen LogP contribution in [-0.2, 0) is 9.59 Å². The molecular formula is C17H14Cl2N2O2. The first-order valence-corrected chi connectivity index (χ1v) is 7.86. The molecule has 0 aromatic heterocycles. The smallest absolute Gasteiger partial charge is 0.256 e. The van der Waals surface area contributed by atoms with Crippen molar-refractivity contribution in [3.8, 4) is 0 Å². The van der Waals surface area contributed by atoms with E-state index in [9.17, 15) is 9.59 Å². The third kappa shape index (κ3) is 3.19. The Labute approximate surface area is 144 Å². The number of anilines is 2. The van der Waals surface area contributed by atoms with Gasteiger partial charge in [-0.15, -0.1) is 0 Å². The van der Waals surface area contributed by atoms with Crippen LogP contribution in [0.15, 0.2) is 42.5 Å². The van der Waals surface area contributed by atoms with Crippen LogP contribution in [0.25, 0.3) is 0 Å². The van der Waals surface area contributed by atoms with Gasteiger partial charge in [-0.25, -0.2) is 4.90 Å². The second kappa shape index (κ2) is 6.22. The number of imide groups is 1. The summed E-state index contributed by atoms with van der Waals surface area (Å²) < 4.78 is 0. The van der Waals surface area contributed by atoms with E-state index in [-0.39, 0.29) is 18.2 Å². The van der Waals surface area contributed by atoms with E-state index >= 15 is 0 Å². The molecule has 0 aliphatic carbocycles. The van der Waals surface area contributed by atoms with Gasteiger partial charge in [-0.05, 0) is 42.8 Å². The van der Waals surface area contributed by atoms with Gasteiger partial charge in [0.1, 0.15) is 6.04 Å². The second-order valence-electron chi connectivity index (χ2n) is 5.44. The Kier molecular flexibility index (Phi) is 4.28. The molecule has 2 aromatic carbocycles. The Bertz CT molecular complexity index is 792. The minimum atomic E-state index is -0.584. The van der Waals surface area contributed by atoms with Gasteiger partial charge < -0.3 is 5.32 Å². The summed E-state index contributed by atoms with van der Waals surface area (Å²) in [5.74, 6) is -0.562. The maximum Gasteiger partial charge on any atom is 0.256 e. The highest BCUT2D eigenvalue weighted by Gasteiger charge is 2.39. The zero-order valence-corrected chi connectivity index (χ0v) is 13.9. The van der Waals surface area contributed by atoms with Crippen LogP contribution in [-0.4, -0.2) is 17.9 Å². The van der Waals surface area contributed by atoms with Crippen molar-refractivity contribution in [2.24, 2.45) is 0 Å². The van der Waals surface area contributed by atoms with Crippen molar-refractivity contribution in [2.75, 3.05) is 10.2 Å². The zero-order chi connectivity index (χ0) is 16.6. The lowest BCUT2D eigenvalue weighted by atomic mass is 10.2. The number of nitrogens with zero attached hydrogens (tertiary/aromatic N) is 1. The van der Waals surface area contributed by atoms with Gasteiger partial charge in [-0.3, -0.25) is 9.59 Å². The molecule has 0 saturated carbocycles. The highest BCUT2D eigenvalue weighted by atomic mass is 35.5. The van der Waals surface area contributed by atoms with Gasteiger partial charge in [0, 0.05) is 5.69 Å². The molecule has 1 saturated heterocycles. The SMILES string of the molecule is Cc1cccc(N[C@H]2CC(=O)N(c3ccc(Cl)c(Cl)c3)C2=O)c1. The van der Waals surface area contributed by atoms with Gasteiger partial charge in [-0.1, -0.05) is 35.3 Å². The number of carbonyl (C=O) groups excluding carboxylic acids is 2. The number of carbonyl (C=O) groups is 2. The first-order chi connectivity index (χ1) is 11.0. The molecule has 0 radical (unpaired) electrons. The van der Waals surface area contributed by atoms with Gasteiger partial charge in [0.05, 0.1) is 22.2 Å². The van der Waals surface area contributed by atoms with Gasteiger partial charge in [0.15, 0.2) is 0 Å². The fourth-order valence-corrected chi connectivity index (χ4v) is 2.87. The molecule has 2 amide bonds. The quantitative estimate of drug-likeness (QED) is 0.851. The maximum atomic E-state index is 12.6. The van der Waals surface area contributed by atoms with E-state index in [4.69, 9.17) is 23.2 Å². The molecule has 118 valence electrons. The Hall–Kier alpha value is -2.04. The molecule has 1 N–H and O–H groups in total. The third-order valence-electron chi connectivity index (χ3n) is 3.67. The number of hydrogen-bond acceptors (Lipinski definition) is 3. The van der Waals surface area contributed by atoms with Crippen molar-refractivity contribution < 1.29 is 9.59 Å². The standard InChI is InChI=1S/C17H14Cl2N2O2/c1-10-3-2-4-11(7-10)20-15-9-16(22)21(17(15)23)12-5-6-13(18)14(19)8-12/h2-8,15,20H,9H2,1H3/t15-/m0/s1. The number of benzene rings is 2. The van der Waals surface area contributed by atoms with Crippen LogP contribution < -0.4 is 10.2 Å². The fourth-order valence-electron chi connectivity index (χ4n) is 2.58. The van der Waals surface area contributed by atoms with Crippen molar-refractivity contribution in [3.63, 3.8) is 0 Å². The van der Waals surface area contributed by atoms with Crippen molar-refractivity contribution in [1.29, 1.82) is 0 Å². The lowest BCUT2D eigenvalue weighted by Crippen LogP contribution is -2.34. The van der Waals surface area contributed by atoms with E-state index < -0.39 is 6.04 Å². The molecule has 2 aromatic rings. The lowest BCUT2D eigenvalue weighted by Gasteiger charge is -2.16. The summed E-state index contributed by atoms with van der Waals surface area (Å²) in [6.07, 6.45) is 0.104. The molecule has 0 unspecified atom stereocenters. The fraction of sp³-hybridized carbons (Fsp3) is 0.176. The maximum absolute atomic E-state index is 12.6. The van der Waals surface area contributed by atoms with E-state index in [1.807, 2.05) is 31.2 Å². The highest BCUT2D eigenvalue weighted by Crippen LogP contribution is 2.30. The van der Waals surface area contributed by atoms with Crippen LogP contribution in [0.2, 0.25) is 10.0 Å². The molecule has 1 heterocycles. The van der Waals surface area contributed by atoms with E-state index in [0.717, 1.165) is 16.2 Å². The van der Waals surface area contributed by atoms with Gasteiger partial charge in [-0.2, -0.15) is 0 Å². The summed E-state index contributed by atoms with van der Waals surface area (Å²) in [4.78, 5) is 26.0. The zero-order valence-electron chi connectivity index (χ0n) is 12.3. The topological polar surface area (TPSA) is 49.4 Å². The van der Waals surface area contributed by atoms with Crippen molar-refractivity contribution in [1.82, 2.24) is 0 Å². The summed E-state index contributed by atoms with van der Waals surface area (Å²) in [6, 6.07) is 11.8. The molecule has 0 spiro atoms. The van der Waals surface area contributed by atoms with Crippen molar-refractivity contribution in [2.45, 2.75) is 19.4 Å². The average Bonchev–Trinajstić information content (AvgIpc) is 2.77. The summed E-state index contributed by atoms with van der Waals surface area (Å²) in [6.45, 7) is 1.97. The van der Waals surface area contributed by atoms with Crippen LogP contribution in [0.3, 0.4) is 0 Å². The van der Waals surface area contributed by atoms with E-state index in [2.05, 4.69) is 5.32 Å². The van der Waals surface area contributed by atoms with Crippen LogP contribution in [0.1, 0.15) is 12.0 Å². The summed E-state index contributed by atoms with van der Waals surface area (Å²) in [5, 5.41) is 3.80. The normalized spacial score (nSPS) is 17.7. The molecule has 6 heteroatoms. The number of aryl methyl sites for hydroxylation is 1. The predicted octanol–water partition coefficient (Wildman–Crippen LogP) is 4.05. The minimum Gasteiger partial charge on any atom is -0.373 e. The Morgan fingerprint density at radius 2 is 1.87 bits per heavy atom. The van der Waals surface area contributed by atoms with Gasteiger partial charge >= 0.3 is 0 Å². The van der Waals surface area contributed by atoms with Gasteiger partial charge in [0.2, 0.25) is 5.91 Å². The van der Waals surface area contributed by atoms with Crippen LogP contribution in [0.4, 0.5) is 11.4 Å². The largest absolute Gasteiger partial charge is 0.373 e. The lowest BCUT2D eigenvalue weighted by molar-refractivity contribution is -0.121. The van der Waals surface area contributed by atoms with Gasteiger partial charge in [0.25, 0.3) is 5.91 Å². The van der Waals surface area contributed by atoms with E-state index in [0.29, 0.717) is 15.7 Å². The van der Waals surface area contributed by atoms with Crippen LogP contribution in [0.5, 0.6) is 0 Å². The average molecular weight is 349 g/mol. The summed E-state index contributed by atoms with van der Waals surface area (Å²) in [5.41, 5.74) is 2.32. The Morgan fingerprint density at radius 3 is 2.57 bits per heavy atom. The highest BCUT2D eigenvalue weighted by molar-refractivity contribution is 6.42. The molecule has 1 atom stereocenters. The van der Waals surface area contributed by atoms with Crippen LogP contribution in [0, 0.1) is 6.92 Å². The number of amides is 2. The minimum absolute atomic E-state index is 0.104. The first-order valence-electron chi connectivity index (χ1n) is 7.11. The molecule has 23 heavy (non-hydrogen) atoms. The Balaban J connectivity index is 1.83. The monoisotopic (exact) mass is 348 g/mol. The molecule has 3 rings (SSSR count). The Morgan fingerprint density at radius 1 is 1.09 bits per heavy atom. The number of rotatable bonds is 3. The third-order valence-corrected chi connectivity index (χ3v) is 4.41. The first kappa shape index (κ1) is 15.8. The molecule has 1 aliphatic heterocycles. The second-order valence-corrected chi connectivity index (χ2v) is 6.25. The van der Waals surface area contributed by atoms with Crippen molar-refractivity contribution in [3.05, 3.63) is 58.1 Å². The molecule has 0 bridgehead atoms. The van der Waals surface area contributed by atoms with E-state index in [1.54, 1.807) is 12.1 Å². The van der Waals surface area contributed by atoms with Crippen molar-refractivity contribution >= 4 is 46.4 Å². The number of hydrogen-bond donors (Lipinski definition) is 1. The molecular weight excluding hydrogens is 335 g/mol. The van der Waals surface area contributed by atoms with E-state index in [1.165, 1.54) is 6.07 Å². The molecule has 1 fully saturated rings. The predicted molar refractivity (Wildman–Crippen MR) is 92.2 cm³/mol. The molecule has 4 nitrogen and oxygen atoms in total. The summed E-state index contributed by atoms with van der Waals surface area (Å²) in [7, 11) is 0. The number of halogens is 2. The number of nitrogens with one attached hydrogen (secondary N) is 1.